The van der Waals surface area contributed by atoms with Gasteiger partial charge in [0.15, 0.2) is 5.89 Å². The van der Waals surface area contributed by atoms with Crippen molar-refractivity contribution in [3.05, 3.63) is 17.3 Å². The molecule has 1 aromatic heterocycles. The number of nitrogens with one attached hydrogen (secondary N) is 1. The predicted molar refractivity (Wildman–Crippen MR) is 56.9 cm³/mol. The summed E-state index contributed by atoms with van der Waals surface area (Å²) in [5.74, 6) is 1.27. The van der Waals surface area contributed by atoms with Gasteiger partial charge in [-0.15, -0.1) is 0 Å². The molecule has 0 aliphatic heterocycles. The highest BCUT2D eigenvalue weighted by molar-refractivity contribution is 7.89. The number of aryl methyl sites for hydroxylation is 2. The first-order valence-electron chi connectivity index (χ1n) is 4.85. The van der Waals surface area contributed by atoms with Gasteiger partial charge >= 0.3 is 0 Å². The van der Waals surface area contributed by atoms with Crippen molar-refractivity contribution >= 4 is 10.0 Å². The molecular formula is C9H16N2O3S. The summed E-state index contributed by atoms with van der Waals surface area (Å²) < 4.78 is 30.4. The standard InChI is InChI=1S/C9H16N2O3S/c1-4-5-15(12,13)10-6-9-7(2)11-8(3)14-9/h10H,4-6H2,1-3H3. The van der Waals surface area contributed by atoms with E-state index in [0.29, 0.717) is 18.1 Å². The van der Waals surface area contributed by atoms with Crippen molar-refractivity contribution in [2.24, 2.45) is 0 Å². The molecule has 0 spiro atoms. The van der Waals surface area contributed by atoms with Gasteiger partial charge in [-0.25, -0.2) is 18.1 Å². The molecule has 1 N–H and O–H groups in total. The Morgan fingerprint density at radius 2 is 2.07 bits per heavy atom. The molecule has 6 heteroatoms. The van der Waals surface area contributed by atoms with Crippen molar-refractivity contribution in [2.75, 3.05) is 5.75 Å². The van der Waals surface area contributed by atoms with E-state index in [-0.39, 0.29) is 12.3 Å². The first-order valence-corrected chi connectivity index (χ1v) is 6.50. The summed E-state index contributed by atoms with van der Waals surface area (Å²) in [7, 11) is -3.18. The highest BCUT2D eigenvalue weighted by Crippen LogP contribution is 2.09. The Morgan fingerprint density at radius 3 is 2.53 bits per heavy atom. The summed E-state index contributed by atoms with van der Waals surface area (Å²) in [4.78, 5) is 4.06. The molecule has 0 amide bonds. The molecule has 0 saturated carbocycles. The van der Waals surface area contributed by atoms with Crippen LogP contribution in [0.2, 0.25) is 0 Å². The van der Waals surface area contributed by atoms with Crippen molar-refractivity contribution in [3.63, 3.8) is 0 Å². The van der Waals surface area contributed by atoms with Crippen LogP contribution in [-0.2, 0) is 16.6 Å². The van der Waals surface area contributed by atoms with E-state index in [1.165, 1.54) is 0 Å². The topological polar surface area (TPSA) is 72.2 Å². The number of hydrogen-bond donors (Lipinski definition) is 1. The first kappa shape index (κ1) is 12.2. The summed E-state index contributed by atoms with van der Waals surface area (Å²) in [6, 6.07) is 0. The van der Waals surface area contributed by atoms with E-state index in [0.717, 1.165) is 5.69 Å². The second-order valence-electron chi connectivity index (χ2n) is 3.38. The summed E-state index contributed by atoms with van der Waals surface area (Å²) in [5, 5.41) is 0. The largest absolute Gasteiger partial charge is 0.444 e. The first-order chi connectivity index (χ1) is 6.94. The lowest BCUT2D eigenvalue weighted by Gasteiger charge is -2.03. The maximum Gasteiger partial charge on any atom is 0.211 e. The van der Waals surface area contributed by atoms with Gasteiger partial charge in [-0.2, -0.15) is 0 Å². The van der Waals surface area contributed by atoms with Gasteiger partial charge in [0, 0.05) is 6.92 Å². The molecule has 0 unspecified atom stereocenters. The highest BCUT2D eigenvalue weighted by atomic mass is 32.2. The minimum atomic E-state index is -3.18. The minimum Gasteiger partial charge on any atom is -0.444 e. The highest BCUT2D eigenvalue weighted by Gasteiger charge is 2.12. The lowest BCUT2D eigenvalue weighted by atomic mass is 10.4. The molecule has 86 valence electrons. The van der Waals surface area contributed by atoms with Crippen LogP contribution in [0, 0.1) is 13.8 Å². The second-order valence-corrected chi connectivity index (χ2v) is 5.31. The summed E-state index contributed by atoms with van der Waals surface area (Å²) >= 11 is 0. The predicted octanol–water partition coefficient (Wildman–Crippen LogP) is 1.12. The molecule has 0 radical (unpaired) electrons. The Balaban J connectivity index is 2.61. The van der Waals surface area contributed by atoms with Gasteiger partial charge in [-0.3, -0.25) is 0 Å². The number of sulfonamides is 1. The van der Waals surface area contributed by atoms with E-state index in [4.69, 9.17) is 4.42 Å². The van der Waals surface area contributed by atoms with Crippen LogP contribution in [0.5, 0.6) is 0 Å². The van der Waals surface area contributed by atoms with Gasteiger partial charge in [0.1, 0.15) is 5.76 Å². The third-order valence-electron chi connectivity index (χ3n) is 1.93. The molecule has 0 atom stereocenters. The Labute approximate surface area is 89.9 Å². The molecule has 15 heavy (non-hydrogen) atoms. The Hall–Kier alpha value is -0.880. The average Bonchev–Trinajstić information content (AvgIpc) is 2.42. The van der Waals surface area contributed by atoms with E-state index in [9.17, 15) is 8.42 Å². The SMILES string of the molecule is CCCS(=O)(=O)NCc1oc(C)nc1C. The summed E-state index contributed by atoms with van der Waals surface area (Å²) in [6.45, 7) is 5.52. The van der Waals surface area contributed by atoms with Crippen LogP contribution in [0.1, 0.15) is 30.7 Å². The van der Waals surface area contributed by atoms with Crippen LogP contribution < -0.4 is 4.72 Å². The van der Waals surface area contributed by atoms with Gasteiger partial charge < -0.3 is 4.42 Å². The number of nitrogens with zero attached hydrogens (tertiary/aromatic N) is 1. The summed E-state index contributed by atoms with van der Waals surface area (Å²) in [6.07, 6.45) is 0.601. The van der Waals surface area contributed by atoms with E-state index in [1.54, 1.807) is 13.8 Å². The molecule has 0 aliphatic carbocycles. The van der Waals surface area contributed by atoms with Crippen LogP contribution in [0.3, 0.4) is 0 Å². The monoisotopic (exact) mass is 232 g/mol. The molecule has 1 rings (SSSR count). The smallest absolute Gasteiger partial charge is 0.211 e. The van der Waals surface area contributed by atoms with Crippen molar-refractivity contribution in [2.45, 2.75) is 33.7 Å². The Kier molecular flexibility index (Phi) is 3.87. The van der Waals surface area contributed by atoms with Gasteiger partial charge in [0.2, 0.25) is 10.0 Å². The molecule has 5 nitrogen and oxygen atoms in total. The fourth-order valence-electron chi connectivity index (χ4n) is 1.25. The number of rotatable bonds is 5. The third kappa shape index (κ3) is 3.64. The second kappa shape index (κ2) is 4.76. The zero-order valence-corrected chi connectivity index (χ0v) is 10.0. The van der Waals surface area contributed by atoms with Gasteiger partial charge in [0.25, 0.3) is 0 Å². The third-order valence-corrected chi connectivity index (χ3v) is 3.45. The van der Waals surface area contributed by atoms with Crippen molar-refractivity contribution < 1.29 is 12.8 Å². The van der Waals surface area contributed by atoms with Crippen molar-refractivity contribution in [3.8, 4) is 0 Å². The van der Waals surface area contributed by atoms with Crippen molar-refractivity contribution in [1.29, 1.82) is 0 Å². The number of aromatic nitrogens is 1. The molecule has 1 heterocycles. The van der Waals surface area contributed by atoms with Gasteiger partial charge in [0.05, 0.1) is 18.0 Å². The number of oxazole rings is 1. The van der Waals surface area contributed by atoms with E-state index in [1.807, 2.05) is 6.92 Å². The Morgan fingerprint density at radius 1 is 1.40 bits per heavy atom. The fraction of sp³-hybridized carbons (Fsp3) is 0.667. The van der Waals surface area contributed by atoms with Crippen molar-refractivity contribution in [1.82, 2.24) is 9.71 Å². The summed E-state index contributed by atoms with van der Waals surface area (Å²) in [5.41, 5.74) is 0.728. The quantitative estimate of drug-likeness (QED) is 0.825. The van der Waals surface area contributed by atoms with E-state index in [2.05, 4.69) is 9.71 Å². The Bertz CT molecular complexity index is 423. The molecule has 0 fully saturated rings. The maximum atomic E-state index is 11.3. The van der Waals surface area contributed by atoms with Gasteiger partial charge in [-0.1, -0.05) is 6.92 Å². The normalized spacial score (nSPS) is 11.9. The van der Waals surface area contributed by atoms with E-state index >= 15 is 0 Å². The lowest BCUT2D eigenvalue weighted by Crippen LogP contribution is -2.25. The number of hydrogen-bond acceptors (Lipinski definition) is 4. The van der Waals surface area contributed by atoms with Crippen LogP contribution >= 0.6 is 0 Å². The zero-order chi connectivity index (χ0) is 11.5. The van der Waals surface area contributed by atoms with Crippen LogP contribution in [0.15, 0.2) is 4.42 Å². The lowest BCUT2D eigenvalue weighted by molar-refractivity contribution is 0.466. The molecule has 0 bridgehead atoms. The van der Waals surface area contributed by atoms with Crippen LogP contribution in [0.25, 0.3) is 0 Å². The van der Waals surface area contributed by atoms with Gasteiger partial charge in [-0.05, 0) is 13.3 Å². The molecule has 1 aromatic rings. The van der Waals surface area contributed by atoms with Crippen LogP contribution in [-0.4, -0.2) is 19.2 Å². The molecular weight excluding hydrogens is 216 g/mol. The molecule has 0 saturated heterocycles. The van der Waals surface area contributed by atoms with E-state index < -0.39 is 10.0 Å². The van der Waals surface area contributed by atoms with Crippen LogP contribution in [0.4, 0.5) is 0 Å². The molecule has 0 aromatic carbocycles. The minimum absolute atomic E-state index is 0.138. The zero-order valence-electron chi connectivity index (χ0n) is 9.20. The fourth-order valence-corrected chi connectivity index (χ4v) is 2.29. The maximum absolute atomic E-state index is 11.3. The molecule has 0 aliphatic rings. The average molecular weight is 232 g/mol.